The van der Waals surface area contributed by atoms with Crippen LogP contribution in [0.5, 0.6) is 5.75 Å². The second-order valence-electron chi connectivity index (χ2n) is 8.48. The number of aromatic nitrogens is 1. The molecule has 6 nitrogen and oxygen atoms in total. The number of Topliss-reactive ketones (excluding diaryl/α,β-unsaturated/α-hetero) is 1. The van der Waals surface area contributed by atoms with Crippen molar-refractivity contribution in [2.45, 2.75) is 13.0 Å². The monoisotopic (exact) mass is 530 g/mol. The summed E-state index contributed by atoms with van der Waals surface area (Å²) in [5, 5.41) is 1.11. The molecule has 1 fully saturated rings. The van der Waals surface area contributed by atoms with Gasteiger partial charge >= 0.3 is 0 Å². The molecule has 4 aromatic rings. The highest BCUT2D eigenvalue weighted by molar-refractivity contribution is 8.18. The number of hydrogen-bond acceptors (Lipinski definition) is 5. The van der Waals surface area contributed by atoms with Crippen molar-refractivity contribution >= 4 is 57.3 Å². The average Bonchev–Trinajstić information content (AvgIpc) is 3.40. The quantitative estimate of drug-likeness (QED) is 0.137. The summed E-state index contributed by atoms with van der Waals surface area (Å²) < 4.78 is 7.92. The van der Waals surface area contributed by atoms with Crippen molar-refractivity contribution < 1.29 is 19.1 Å². The molecule has 0 radical (unpaired) electrons. The molecule has 2 amide bonds. The van der Waals surface area contributed by atoms with Gasteiger partial charge in [-0.25, -0.2) is 0 Å². The normalized spacial score (nSPS) is 14.6. The van der Waals surface area contributed by atoms with Crippen LogP contribution in [0.3, 0.4) is 0 Å². The molecule has 186 valence electrons. The van der Waals surface area contributed by atoms with Crippen LogP contribution in [0.4, 0.5) is 4.79 Å². The van der Waals surface area contributed by atoms with Crippen molar-refractivity contribution in [2.24, 2.45) is 0 Å². The van der Waals surface area contributed by atoms with Crippen LogP contribution in [0.2, 0.25) is 5.02 Å². The Morgan fingerprint density at radius 2 is 1.68 bits per heavy atom. The van der Waals surface area contributed by atoms with Gasteiger partial charge in [-0.3, -0.25) is 19.3 Å². The molecular weight excluding hydrogens is 508 g/mol. The van der Waals surface area contributed by atoms with Gasteiger partial charge in [0.1, 0.15) is 5.75 Å². The molecule has 2 heterocycles. The number of nitrogens with zero attached hydrogens (tertiary/aromatic N) is 2. The Morgan fingerprint density at radius 1 is 0.946 bits per heavy atom. The number of aryl methyl sites for hydroxylation is 1. The lowest BCUT2D eigenvalue weighted by atomic mass is 10.1. The predicted octanol–water partition coefficient (Wildman–Crippen LogP) is 6.68. The van der Waals surface area contributed by atoms with E-state index < -0.39 is 11.1 Å². The summed E-state index contributed by atoms with van der Waals surface area (Å²) in [6, 6.07) is 23.9. The third kappa shape index (κ3) is 5.48. The first-order valence-corrected chi connectivity index (χ1v) is 13.0. The van der Waals surface area contributed by atoms with E-state index in [1.54, 1.807) is 36.4 Å². The number of hydrogen-bond donors (Lipinski definition) is 0. The zero-order valence-electron chi connectivity index (χ0n) is 19.8. The van der Waals surface area contributed by atoms with Gasteiger partial charge in [-0.05, 0) is 42.5 Å². The van der Waals surface area contributed by atoms with Crippen LogP contribution in [0.1, 0.15) is 22.3 Å². The lowest BCUT2D eigenvalue weighted by molar-refractivity contribution is -0.122. The van der Waals surface area contributed by atoms with Crippen LogP contribution < -0.4 is 4.74 Å². The Hall–Kier alpha value is -3.81. The summed E-state index contributed by atoms with van der Waals surface area (Å²) in [5.74, 6) is -0.0762. The molecule has 0 N–H and O–H groups in total. The number of carbonyl (C=O) groups excluding carboxylic acids is 3. The van der Waals surface area contributed by atoms with Crippen molar-refractivity contribution in [3.05, 3.63) is 106 Å². The molecule has 1 aromatic heterocycles. The van der Waals surface area contributed by atoms with E-state index in [0.29, 0.717) is 34.4 Å². The van der Waals surface area contributed by atoms with Gasteiger partial charge in [0.05, 0.1) is 23.1 Å². The summed E-state index contributed by atoms with van der Waals surface area (Å²) in [6.45, 7) is 0.922. The number of ketones is 1. The first-order chi connectivity index (χ1) is 18.0. The highest BCUT2D eigenvalue weighted by atomic mass is 35.5. The minimum Gasteiger partial charge on any atom is -0.492 e. The zero-order valence-corrected chi connectivity index (χ0v) is 21.4. The number of benzene rings is 3. The van der Waals surface area contributed by atoms with Crippen LogP contribution in [0.15, 0.2) is 90.0 Å². The second-order valence-corrected chi connectivity index (χ2v) is 9.88. The predicted molar refractivity (Wildman–Crippen MR) is 147 cm³/mol. The molecule has 1 saturated heterocycles. The van der Waals surface area contributed by atoms with Crippen LogP contribution >= 0.6 is 23.4 Å². The lowest BCUT2D eigenvalue weighted by Crippen LogP contribution is -2.33. The maximum Gasteiger partial charge on any atom is 0.293 e. The van der Waals surface area contributed by atoms with E-state index in [2.05, 4.69) is 4.57 Å². The molecule has 8 heteroatoms. The van der Waals surface area contributed by atoms with E-state index in [1.807, 2.05) is 54.7 Å². The second kappa shape index (κ2) is 11.1. The fraction of sp³-hybridized carbons (Fsp3) is 0.138. The molecule has 0 unspecified atom stereocenters. The first kappa shape index (κ1) is 24.9. The van der Waals surface area contributed by atoms with Crippen molar-refractivity contribution in [1.29, 1.82) is 0 Å². The number of amides is 2. The fourth-order valence-electron chi connectivity index (χ4n) is 4.19. The molecule has 1 aliphatic heterocycles. The smallest absolute Gasteiger partial charge is 0.293 e. The summed E-state index contributed by atoms with van der Waals surface area (Å²) in [7, 11) is 0. The highest BCUT2D eigenvalue weighted by Crippen LogP contribution is 2.34. The van der Waals surface area contributed by atoms with E-state index in [9.17, 15) is 14.4 Å². The van der Waals surface area contributed by atoms with Gasteiger partial charge in [0, 0.05) is 34.8 Å². The van der Waals surface area contributed by atoms with Gasteiger partial charge in [-0.1, -0.05) is 72.3 Å². The largest absolute Gasteiger partial charge is 0.492 e. The number of carbonyl (C=O) groups is 3. The summed E-state index contributed by atoms with van der Waals surface area (Å²) in [4.78, 5) is 39.5. The van der Waals surface area contributed by atoms with Crippen molar-refractivity contribution in [1.82, 2.24) is 9.47 Å². The Bertz CT molecular complexity index is 1510. The lowest BCUT2D eigenvalue weighted by Gasteiger charge is -2.11. The van der Waals surface area contributed by atoms with Crippen LogP contribution in [-0.4, -0.2) is 39.5 Å². The highest BCUT2D eigenvalue weighted by Gasteiger charge is 2.36. The van der Waals surface area contributed by atoms with E-state index >= 15 is 0 Å². The maximum atomic E-state index is 13.0. The zero-order chi connectivity index (χ0) is 25.8. The minimum atomic E-state index is -0.454. The number of fused-ring (bicyclic) bond motifs is 1. The summed E-state index contributed by atoms with van der Waals surface area (Å²) in [5.41, 5.74) is 2.32. The number of ether oxygens (including phenoxy) is 1. The summed E-state index contributed by atoms with van der Waals surface area (Å²) >= 11 is 7.02. The Kier molecular flexibility index (Phi) is 7.44. The molecule has 0 spiro atoms. The standard InChI is InChI=1S/C29H23ClN2O4S/c30-23-12-5-7-14-26(23)36-16-8-15-31-18-21(22-11-4-6-13-24(22)31)17-27-28(34)32(29(35)37-27)19-25(33)20-9-2-1-3-10-20/h1-7,9-14,17-18H,8,15-16,19H2/b27-17-. The third-order valence-electron chi connectivity index (χ3n) is 6.01. The Morgan fingerprint density at radius 3 is 2.49 bits per heavy atom. The Balaban J connectivity index is 1.31. The van der Waals surface area contributed by atoms with Crippen LogP contribution in [0.25, 0.3) is 17.0 Å². The van der Waals surface area contributed by atoms with E-state index in [-0.39, 0.29) is 12.3 Å². The third-order valence-corrected chi connectivity index (χ3v) is 7.23. The number of rotatable bonds is 9. The fourth-order valence-corrected chi connectivity index (χ4v) is 5.21. The molecule has 5 rings (SSSR count). The van der Waals surface area contributed by atoms with Crippen molar-refractivity contribution in [3.8, 4) is 5.75 Å². The molecular formula is C29H23ClN2O4S. The Labute approximate surface area is 223 Å². The molecule has 1 aliphatic rings. The topological polar surface area (TPSA) is 68.6 Å². The van der Waals surface area contributed by atoms with E-state index in [4.69, 9.17) is 16.3 Å². The van der Waals surface area contributed by atoms with Crippen molar-refractivity contribution in [2.75, 3.05) is 13.2 Å². The number of imide groups is 1. The van der Waals surface area contributed by atoms with Gasteiger partial charge in [-0.15, -0.1) is 0 Å². The molecule has 0 aliphatic carbocycles. The van der Waals surface area contributed by atoms with Crippen LogP contribution in [-0.2, 0) is 11.3 Å². The van der Waals surface area contributed by atoms with E-state index in [1.165, 1.54) is 0 Å². The first-order valence-electron chi connectivity index (χ1n) is 11.8. The van der Waals surface area contributed by atoms with Gasteiger partial charge in [0.2, 0.25) is 0 Å². The maximum absolute atomic E-state index is 13.0. The molecule has 0 saturated carbocycles. The molecule has 0 atom stereocenters. The average molecular weight is 531 g/mol. The number of para-hydroxylation sites is 2. The molecule has 3 aromatic carbocycles. The number of halogens is 1. The van der Waals surface area contributed by atoms with Crippen LogP contribution in [0, 0.1) is 0 Å². The molecule has 0 bridgehead atoms. The van der Waals surface area contributed by atoms with Gasteiger partial charge in [-0.2, -0.15) is 0 Å². The van der Waals surface area contributed by atoms with Crippen molar-refractivity contribution in [3.63, 3.8) is 0 Å². The summed E-state index contributed by atoms with van der Waals surface area (Å²) in [6.07, 6.45) is 4.46. The SMILES string of the molecule is O=C(CN1C(=O)S/C(=C\c2cn(CCCOc3ccccc3Cl)c3ccccc23)C1=O)c1ccccc1. The number of thioether (sulfide) groups is 1. The van der Waals surface area contributed by atoms with Gasteiger partial charge in [0.15, 0.2) is 5.78 Å². The molecule has 37 heavy (non-hydrogen) atoms. The van der Waals surface area contributed by atoms with Gasteiger partial charge in [0.25, 0.3) is 11.1 Å². The minimum absolute atomic E-state index is 0.278. The van der Waals surface area contributed by atoms with Gasteiger partial charge < -0.3 is 9.30 Å². The van der Waals surface area contributed by atoms with E-state index in [0.717, 1.165) is 39.5 Å².